The molecule has 63 valence electrons. The fourth-order valence-corrected chi connectivity index (χ4v) is 0.856. The molecule has 0 amide bonds. The Morgan fingerprint density at radius 3 is 2.50 bits per heavy atom. The SMILES string of the molecule is O=[C]c1ccc(NCCO)cc1. The summed E-state index contributed by atoms with van der Waals surface area (Å²) in [7, 11) is 0. The zero-order chi connectivity index (χ0) is 8.81. The molecule has 0 saturated heterocycles. The van der Waals surface area contributed by atoms with E-state index in [0.29, 0.717) is 12.1 Å². The molecular weight excluding hydrogens is 154 g/mol. The van der Waals surface area contributed by atoms with E-state index in [0.717, 1.165) is 5.69 Å². The van der Waals surface area contributed by atoms with Gasteiger partial charge in [-0.05, 0) is 24.3 Å². The van der Waals surface area contributed by atoms with E-state index < -0.39 is 0 Å². The van der Waals surface area contributed by atoms with Crippen LogP contribution in [-0.2, 0) is 4.79 Å². The number of aliphatic hydroxyl groups excluding tert-OH is 1. The van der Waals surface area contributed by atoms with Crippen LogP contribution in [0.2, 0.25) is 0 Å². The Hall–Kier alpha value is -1.35. The Balaban J connectivity index is 2.58. The van der Waals surface area contributed by atoms with Gasteiger partial charge in [0.15, 0.2) is 0 Å². The van der Waals surface area contributed by atoms with E-state index >= 15 is 0 Å². The Bertz CT molecular complexity index is 243. The zero-order valence-corrected chi connectivity index (χ0v) is 6.58. The van der Waals surface area contributed by atoms with Gasteiger partial charge < -0.3 is 10.4 Å². The van der Waals surface area contributed by atoms with Crippen molar-refractivity contribution in [3.05, 3.63) is 29.8 Å². The van der Waals surface area contributed by atoms with Gasteiger partial charge in [0, 0.05) is 17.8 Å². The molecule has 0 unspecified atom stereocenters. The highest BCUT2D eigenvalue weighted by molar-refractivity contribution is 5.76. The highest BCUT2D eigenvalue weighted by atomic mass is 16.3. The number of benzene rings is 1. The van der Waals surface area contributed by atoms with Crippen molar-refractivity contribution in [1.29, 1.82) is 0 Å². The normalized spacial score (nSPS) is 9.42. The van der Waals surface area contributed by atoms with E-state index in [4.69, 9.17) is 5.11 Å². The van der Waals surface area contributed by atoms with Crippen LogP contribution in [0.15, 0.2) is 24.3 Å². The number of hydrogen-bond donors (Lipinski definition) is 2. The molecule has 0 aliphatic carbocycles. The predicted molar refractivity (Wildman–Crippen MR) is 46.8 cm³/mol. The van der Waals surface area contributed by atoms with Crippen molar-refractivity contribution in [2.24, 2.45) is 0 Å². The van der Waals surface area contributed by atoms with Gasteiger partial charge >= 0.3 is 0 Å². The monoisotopic (exact) mass is 164 g/mol. The zero-order valence-electron chi connectivity index (χ0n) is 6.58. The van der Waals surface area contributed by atoms with E-state index in [9.17, 15) is 4.79 Å². The molecule has 3 nitrogen and oxygen atoms in total. The third-order valence-corrected chi connectivity index (χ3v) is 1.44. The molecule has 0 saturated carbocycles. The highest BCUT2D eigenvalue weighted by Gasteiger charge is 1.91. The van der Waals surface area contributed by atoms with Crippen LogP contribution in [0.1, 0.15) is 5.56 Å². The minimum Gasteiger partial charge on any atom is -0.395 e. The molecule has 0 fully saturated rings. The van der Waals surface area contributed by atoms with E-state index in [2.05, 4.69) is 5.32 Å². The summed E-state index contributed by atoms with van der Waals surface area (Å²) in [6.07, 6.45) is 1.78. The summed E-state index contributed by atoms with van der Waals surface area (Å²) in [6.45, 7) is 0.617. The number of nitrogens with one attached hydrogen (secondary N) is 1. The Morgan fingerprint density at radius 2 is 2.00 bits per heavy atom. The summed E-state index contributed by atoms with van der Waals surface area (Å²) < 4.78 is 0. The second-order valence-electron chi connectivity index (χ2n) is 2.33. The molecule has 0 aromatic heterocycles. The van der Waals surface area contributed by atoms with Gasteiger partial charge in [-0.3, -0.25) is 4.79 Å². The minimum absolute atomic E-state index is 0.0988. The molecule has 2 N–H and O–H groups in total. The second-order valence-corrected chi connectivity index (χ2v) is 2.33. The predicted octanol–water partition coefficient (Wildman–Crippen LogP) is 0.549. The third-order valence-electron chi connectivity index (χ3n) is 1.44. The molecule has 0 aliphatic heterocycles. The smallest absolute Gasteiger partial charge is 0.233 e. The lowest BCUT2D eigenvalue weighted by atomic mass is 10.2. The molecule has 0 heterocycles. The Morgan fingerprint density at radius 1 is 1.33 bits per heavy atom. The second kappa shape index (κ2) is 4.51. The maximum atomic E-state index is 10.1. The van der Waals surface area contributed by atoms with Gasteiger partial charge in [0.1, 0.15) is 0 Å². The first-order chi connectivity index (χ1) is 5.86. The van der Waals surface area contributed by atoms with Crippen molar-refractivity contribution in [3.63, 3.8) is 0 Å². The highest BCUT2D eigenvalue weighted by Crippen LogP contribution is 2.06. The minimum atomic E-state index is 0.0988. The summed E-state index contributed by atoms with van der Waals surface area (Å²) in [4.78, 5) is 10.1. The first kappa shape index (κ1) is 8.74. The first-order valence-corrected chi connectivity index (χ1v) is 3.70. The molecular formula is C9H10NO2. The standard InChI is InChI=1S/C9H10NO2/c11-6-5-10-9-3-1-8(7-12)2-4-9/h1-4,10-11H,5-6H2. The van der Waals surface area contributed by atoms with Crippen LogP contribution in [-0.4, -0.2) is 24.5 Å². The van der Waals surface area contributed by atoms with Crippen LogP contribution in [0.25, 0.3) is 0 Å². The average molecular weight is 164 g/mol. The summed E-state index contributed by atoms with van der Waals surface area (Å²) in [5.41, 5.74) is 1.42. The molecule has 1 radical (unpaired) electrons. The third kappa shape index (κ3) is 2.36. The molecule has 0 atom stereocenters. The van der Waals surface area contributed by atoms with Crippen molar-refractivity contribution >= 4 is 12.0 Å². The number of rotatable bonds is 4. The lowest BCUT2D eigenvalue weighted by molar-refractivity contribution is 0.311. The fourth-order valence-electron chi connectivity index (χ4n) is 0.856. The summed E-state index contributed by atoms with van der Waals surface area (Å²) in [6, 6.07) is 6.89. The maximum Gasteiger partial charge on any atom is 0.233 e. The van der Waals surface area contributed by atoms with Crippen LogP contribution in [0.4, 0.5) is 5.69 Å². The fraction of sp³-hybridized carbons (Fsp3) is 0.222. The largest absolute Gasteiger partial charge is 0.395 e. The molecule has 0 spiro atoms. The van der Waals surface area contributed by atoms with E-state index in [1.165, 1.54) is 0 Å². The first-order valence-electron chi connectivity index (χ1n) is 3.70. The van der Waals surface area contributed by atoms with E-state index in [1.54, 1.807) is 30.6 Å². The quantitative estimate of drug-likeness (QED) is 0.683. The maximum absolute atomic E-state index is 10.1. The van der Waals surface area contributed by atoms with Crippen molar-refractivity contribution in [2.75, 3.05) is 18.5 Å². The van der Waals surface area contributed by atoms with Crippen LogP contribution >= 0.6 is 0 Å². The van der Waals surface area contributed by atoms with Gasteiger partial charge in [-0.1, -0.05) is 0 Å². The van der Waals surface area contributed by atoms with Gasteiger partial charge in [-0.2, -0.15) is 0 Å². The van der Waals surface area contributed by atoms with Crippen molar-refractivity contribution < 1.29 is 9.90 Å². The topological polar surface area (TPSA) is 49.3 Å². The van der Waals surface area contributed by atoms with Gasteiger partial charge in [0.05, 0.1) is 6.61 Å². The average Bonchev–Trinajstić information content (AvgIpc) is 2.15. The number of aliphatic hydroxyl groups is 1. The number of hydrogen-bond acceptors (Lipinski definition) is 3. The van der Waals surface area contributed by atoms with Crippen LogP contribution in [0.3, 0.4) is 0 Å². The van der Waals surface area contributed by atoms with Gasteiger partial charge in [0.2, 0.25) is 6.29 Å². The number of carbonyl (C=O) groups excluding carboxylic acids is 1. The van der Waals surface area contributed by atoms with Crippen LogP contribution in [0, 0.1) is 0 Å². The van der Waals surface area contributed by atoms with Gasteiger partial charge in [-0.25, -0.2) is 0 Å². The van der Waals surface area contributed by atoms with Crippen LogP contribution in [0.5, 0.6) is 0 Å². The molecule has 1 aromatic carbocycles. The Kier molecular flexibility index (Phi) is 3.29. The van der Waals surface area contributed by atoms with E-state index in [-0.39, 0.29) is 6.61 Å². The molecule has 1 rings (SSSR count). The lowest BCUT2D eigenvalue weighted by Gasteiger charge is -2.02. The summed E-state index contributed by atoms with van der Waals surface area (Å²) >= 11 is 0. The molecule has 1 aromatic rings. The van der Waals surface area contributed by atoms with Crippen molar-refractivity contribution in [2.45, 2.75) is 0 Å². The molecule has 3 heteroatoms. The molecule has 0 bridgehead atoms. The van der Waals surface area contributed by atoms with E-state index in [1.807, 2.05) is 0 Å². The summed E-state index contributed by atoms with van der Waals surface area (Å²) in [5, 5.41) is 11.5. The van der Waals surface area contributed by atoms with Gasteiger partial charge in [-0.15, -0.1) is 0 Å². The number of anilines is 1. The van der Waals surface area contributed by atoms with Crippen molar-refractivity contribution in [3.8, 4) is 0 Å². The molecule has 12 heavy (non-hydrogen) atoms. The Labute approximate surface area is 71.0 Å². The molecule has 0 aliphatic rings. The lowest BCUT2D eigenvalue weighted by Crippen LogP contribution is -2.04. The van der Waals surface area contributed by atoms with Crippen molar-refractivity contribution in [1.82, 2.24) is 0 Å². The van der Waals surface area contributed by atoms with Crippen LogP contribution < -0.4 is 5.32 Å². The van der Waals surface area contributed by atoms with Gasteiger partial charge in [0.25, 0.3) is 0 Å². The summed E-state index contributed by atoms with van der Waals surface area (Å²) in [5.74, 6) is 0.